The van der Waals surface area contributed by atoms with E-state index in [1.807, 2.05) is 6.07 Å². The summed E-state index contributed by atoms with van der Waals surface area (Å²) in [5.74, 6) is -0.925. The van der Waals surface area contributed by atoms with Crippen molar-refractivity contribution in [3.63, 3.8) is 0 Å². The summed E-state index contributed by atoms with van der Waals surface area (Å²) >= 11 is 0. The van der Waals surface area contributed by atoms with Crippen LogP contribution in [0.15, 0.2) is 30.3 Å². The Balaban J connectivity index is 1.90. The largest absolute Gasteiger partial charge is 0.481 e. The number of carboxylic acid groups (broad SMARTS) is 1. The van der Waals surface area contributed by atoms with Crippen molar-refractivity contribution in [3.8, 4) is 5.75 Å². The highest BCUT2D eigenvalue weighted by molar-refractivity contribution is 5.75. The van der Waals surface area contributed by atoms with E-state index in [1.54, 1.807) is 24.3 Å². The van der Waals surface area contributed by atoms with Crippen molar-refractivity contribution in [2.24, 2.45) is 5.92 Å². The molecule has 0 bridgehead atoms. The van der Waals surface area contributed by atoms with Gasteiger partial charge in [0.1, 0.15) is 5.75 Å². The van der Waals surface area contributed by atoms with Crippen LogP contribution in [0.2, 0.25) is 0 Å². The van der Waals surface area contributed by atoms with Crippen LogP contribution in [-0.2, 0) is 4.79 Å². The molecule has 0 saturated heterocycles. The van der Waals surface area contributed by atoms with E-state index in [4.69, 9.17) is 9.84 Å². The Morgan fingerprint density at radius 3 is 2.61 bits per heavy atom. The Hall–Kier alpha value is -2.04. The van der Waals surface area contributed by atoms with Crippen LogP contribution in [-0.4, -0.2) is 23.2 Å². The average molecular weight is 249 g/mol. The molecule has 0 spiro atoms. The number of hydrogen-bond donors (Lipinski definition) is 2. The van der Waals surface area contributed by atoms with Gasteiger partial charge in [0.25, 0.3) is 0 Å². The molecule has 5 heteroatoms. The third-order valence-corrected chi connectivity index (χ3v) is 3.09. The van der Waals surface area contributed by atoms with E-state index in [0.717, 1.165) is 6.42 Å². The van der Waals surface area contributed by atoms with E-state index < -0.39 is 18.0 Å². The Morgan fingerprint density at radius 2 is 1.94 bits per heavy atom. The van der Waals surface area contributed by atoms with Crippen molar-refractivity contribution in [2.75, 3.05) is 0 Å². The molecule has 1 aromatic rings. The highest BCUT2D eigenvalue weighted by Gasteiger charge is 2.34. The van der Waals surface area contributed by atoms with E-state index >= 15 is 0 Å². The molecule has 0 radical (unpaired) electrons. The van der Waals surface area contributed by atoms with Gasteiger partial charge in [-0.2, -0.15) is 0 Å². The zero-order valence-corrected chi connectivity index (χ0v) is 9.83. The summed E-state index contributed by atoms with van der Waals surface area (Å²) in [5.41, 5.74) is 0. The summed E-state index contributed by atoms with van der Waals surface area (Å²) in [6, 6.07) is 8.35. The summed E-state index contributed by atoms with van der Waals surface area (Å²) in [7, 11) is 0. The number of ether oxygens (including phenoxy) is 1. The first-order valence-corrected chi connectivity index (χ1v) is 5.93. The normalized spacial score (nSPS) is 22.4. The molecule has 2 atom stereocenters. The van der Waals surface area contributed by atoms with E-state index in [-0.39, 0.29) is 6.04 Å². The van der Waals surface area contributed by atoms with E-state index in [2.05, 4.69) is 5.32 Å². The fourth-order valence-corrected chi connectivity index (χ4v) is 2.20. The van der Waals surface area contributed by atoms with Crippen LogP contribution < -0.4 is 10.1 Å². The van der Waals surface area contributed by atoms with Gasteiger partial charge in [-0.15, -0.1) is 0 Å². The molecule has 2 rings (SSSR count). The molecule has 96 valence electrons. The number of carboxylic acids is 1. The van der Waals surface area contributed by atoms with Crippen molar-refractivity contribution < 1.29 is 19.4 Å². The molecule has 0 aromatic heterocycles. The van der Waals surface area contributed by atoms with Gasteiger partial charge in [-0.1, -0.05) is 24.6 Å². The molecule has 1 fully saturated rings. The molecule has 2 unspecified atom stereocenters. The van der Waals surface area contributed by atoms with Gasteiger partial charge in [0.2, 0.25) is 0 Å². The van der Waals surface area contributed by atoms with Crippen molar-refractivity contribution in [1.82, 2.24) is 5.32 Å². The lowest BCUT2D eigenvalue weighted by molar-refractivity contribution is -0.142. The molecule has 1 amide bonds. The number of nitrogens with one attached hydrogen (secondary N) is 1. The number of aliphatic carboxylic acids is 1. The lowest BCUT2D eigenvalue weighted by Gasteiger charge is -2.17. The Bertz CT molecular complexity index is 432. The fraction of sp³-hybridized carbons (Fsp3) is 0.385. The highest BCUT2D eigenvalue weighted by Crippen LogP contribution is 2.25. The topological polar surface area (TPSA) is 75.6 Å². The highest BCUT2D eigenvalue weighted by atomic mass is 16.6. The molecule has 1 aliphatic carbocycles. The quantitative estimate of drug-likeness (QED) is 0.859. The predicted molar refractivity (Wildman–Crippen MR) is 64.4 cm³/mol. The number of carbonyl (C=O) groups is 2. The Morgan fingerprint density at radius 1 is 1.22 bits per heavy atom. The second kappa shape index (κ2) is 5.53. The first kappa shape index (κ1) is 12.4. The van der Waals surface area contributed by atoms with Gasteiger partial charge in [0.05, 0.1) is 5.92 Å². The van der Waals surface area contributed by atoms with E-state index in [1.165, 1.54) is 0 Å². The molecule has 2 N–H and O–H groups in total. The number of rotatable bonds is 3. The Labute approximate surface area is 105 Å². The number of para-hydroxylation sites is 1. The number of carbonyl (C=O) groups excluding carboxylic acids is 1. The summed E-state index contributed by atoms with van der Waals surface area (Å²) < 4.78 is 5.06. The number of hydrogen-bond acceptors (Lipinski definition) is 3. The molecular formula is C13H15NO4. The molecular weight excluding hydrogens is 234 g/mol. The second-order valence-electron chi connectivity index (χ2n) is 4.33. The predicted octanol–water partition coefficient (Wildman–Crippen LogP) is 2.03. The molecule has 18 heavy (non-hydrogen) atoms. The van der Waals surface area contributed by atoms with Crippen LogP contribution in [0, 0.1) is 5.92 Å². The monoisotopic (exact) mass is 249 g/mol. The van der Waals surface area contributed by atoms with Crippen molar-refractivity contribution >= 4 is 12.1 Å². The van der Waals surface area contributed by atoms with Crippen LogP contribution in [0.3, 0.4) is 0 Å². The zero-order chi connectivity index (χ0) is 13.0. The number of amides is 1. The SMILES string of the molecule is O=C(NC1CCCC1C(=O)O)Oc1ccccc1. The van der Waals surface area contributed by atoms with Crippen molar-refractivity contribution in [3.05, 3.63) is 30.3 Å². The maximum Gasteiger partial charge on any atom is 0.412 e. The van der Waals surface area contributed by atoms with Gasteiger partial charge in [-0.3, -0.25) is 4.79 Å². The van der Waals surface area contributed by atoms with Gasteiger partial charge < -0.3 is 15.2 Å². The summed E-state index contributed by atoms with van der Waals surface area (Å²) in [6.07, 6.45) is 1.50. The third-order valence-electron chi connectivity index (χ3n) is 3.09. The minimum Gasteiger partial charge on any atom is -0.481 e. The summed E-state index contributed by atoms with van der Waals surface area (Å²) in [4.78, 5) is 22.6. The maximum absolute atomic E-state index is 11.6. The fourth-order valence-electron chi connectivity index (χ4n) is 2.20. The van der Waals surface area contributed by atoms with E-state index in [0.29, 0.717) is 18.6 Å². The smallest absolute Gasteiger partial charge is 0.412 e. The molecule has 0 aliphatic heterocycles. The molecule has 1 aromatic carbocycles. The maximum atomic E-state index is 11.6. The molecule has 1 aliphatic rings. The van der Waals surface area contributed by atoms with Crippen molar-refractivity contribution in [2.45, 2.75) is 25.3 Å². The van der Waals surface area contributed by atoms with Crippen LogP contribution in [0.5, 0.6) is 5.75 Å². The molecule has 0 heterocycles. The van der Waals surface area contributed by atoms with Gasteiger partial charge in [-0.05, 0) is 25.0 Å². The van der Waals surface area contributed by atoms with Crippen LogP contribution >= 0.6 is 0 Å². The molecule has 5 nitrogen and oxygen atoms in total. The first-order valence-electron chi connectivity index (χ1n) is 5.93. The Kier molecular flexibility index (Phi) is 3.82. The van der Waals surface area contributed by atoms with Gasteiger partial charge >= 0.3 is 12.1 Å². The van der Waals surface area contributed by atoms with Gasteiger partial charge in [0.15, 0.2) is 0 Å². The van der Waals surface area contributed by atoms with Gasteiger partial charge in [-0.25, -0.2) is 4.79 Å². The van der Waals surface area contributed by atoms with Crippen LogP contribution in [0.4, 0.5) is 4.79 Å². The van der Waals surface area contributed by atoms with Gasteiger partial charge in [0, 0.05) is 6.04 Å². The number of benzene rings is 1. The summed E-state index contributed by atoms with van der Waals surface area (Å²) in [5, 5.41) is 11.6. The van der Waals surface area contributed by atoms with Crippen LogP contribution in [0.25, 0.3) is 0 Å². The minimum atomic E-state index is -0.863. The summed E-state index contributed by atoms with van der Waals surface area (Å²) in [6.45, 7) is 0. The average Bonchev–Trinajstić information content (AvgIpc) is 2.78. The second-order valence-corrected chi connectivity index (χ2v) is 4.33. The standard InChI is InChI=1S/C13H15NO4/c15-12(16)10-7-4-8-11(10)14-13(17)18-9-5-2-1-3-6-9/h1-3,5-6,10-11H,4,7-8H2,(H,14,17)(H,15,16). The van der Waals surface area contributed by atoms with E-state index in [9.17, 15) is 9.59 Å². The zero-order valence-electron chi connectivity index (χ0n) is 9.83. The third kappa shape index (κ3) is 3.00. The first-order chi connectivity index (χ1) is 8.66. The molecule has 1 saturated carbocycles. The van der Waals surface area contributed by atoms with Crippen LogP contribution in [0.1, 0.15) is 19.3 Å². The lowest BCUT2D eigenvalue weighted by atomic mass is 10.0. The van der Waals surface area contributed by atoms with Crippen molar-refractivity contribution in [1.29, 1.82) is 0 Å². The minimum absolute atomic E-state index is 0.335. The lowest BCUT2D eigenvalue weighted by Crippen LogP contribution is -2.41.